The van der Waals surface area contributed by atoms with Gasteiger partial charge in [0.2, 0.25) is 5.91 Å². The first kappa shape index (κ1) is 15.7. The molecule has 0 spiro atoms. The van der Waals surface area contributed by atoms with E-state index in [1.54, 1.807) is 7.11 Å². The van der Waals surface area contributed by atoms with Crippen molar-refractivity contribution in [2.75, 3.05) is 26.9 Å². The fourth-order valence-corrected chi connectivity index (χ4v) is 2.14. The van der Waals surface area contributed by atoms with Crippen molar-refractivity contribution in [3.63, 3.8) is 0 Å². The Morgan fingerprint density at radius 3 is 2.74 bits per heavy atom. The van der Waals surface area contributed by atoms with Gasteiger partial charge in [0.25, 0.3) is 0 Å². The highest BCUT2D eigenvalue weighted by atomic mass is 16.5. The van der Waals surface area contributed by atoms with Gasteiger partial charge < -0.3 is 25.7 Å². The van der Waals surface area contributed by atoms with Crippen LogP contribution in [0.25, 0.3) is 0 Å². The Labute approximate surface area is 113 Å². The molecular formula is C12H23N3O4. The normalized spacial score (nSPS) is 20.8. The predicted octanol–water partition coefficient (Wildman–Crippen LogP) is 0.0708. The fourth-order valence-electron chi connectivity index (χ4n) is 2.14. The molecule has 1 atom stereocenters. The van der Waals surface area contributed by atoms with Gasteiger partial charge in [0.15, 0.2) is 5.84 Å². The van der Waals surface area contributed by atoms with Crippen LogP contribution in [0, 0.1) is 5.41 Å². The van der Waals surface area contributed by atoms with Crippen molar-refractivity contribution in [2.45, 2.75) is 32.2 Å². The number of amidine groups is 1. The fraction of sp³-hybridized carbons (Fsp3) is 0.833. The van der Waals surface area contributed by atoms with Gasteiger partial charge in [0.1, 0.15) is 5.41 Å². The Kier molecular flexibility index (Phi) is 6.04. The number of amides is 1. The summed E-state index contributed by atoms with van der Waals surface area (Å²) in [6.07, 6.45) is 1.56. The Bertz CT molecular complexity index is 327. The second-order valence-electron chi connectivity index (χ2n) is 4.84. The summed E-state index contributed by atoms with van der Waals surface area (Å²) in [6.45, 7) is 3.32. The third-order valence-electron chi connectivity index (χ3n) is 3.51. The summed E-state index contributed by atoms with van der Waals surface area (Å²) in [4.78, 5) is 12.4. The molecule has 0 saturated carbocycles. The van der Waals surface area contributed by atoms with E-state index in [2.05, 4.69) is 10.5 Å². The number of hydrogen-bond acceptors (Lipinski definition) is 5. The molecular weight excluding hydrogens is 250 g/mol. The molecule has 1 amide bonds. The first-order valence-corrected chi connectivity index (χ1v) is 6.42. The van der Waals surface area contributed by atoms with Crippen LogP contribution in [0.3, 0.4) is 0 Å². The van der Waals surface area contributed by atoms with Crippen molar-refractivity contribution in [2.24, 2.45) is 16.3 Å². The van der Waals surface area contributed by atoms with Gasteiger partial charge in [-0.25, -0.2) is 0 Å². The first-order chi connectivity index (χ1) is 9.06. The van der Waals surface area contributed by atoms with Gasteiger partial charge in [-0.05, 0) is 26.2 Å². The van der Waals surface area contributed by atoms with Crippen LogP contribution in [0.5, 0.6) is 0 Å². The average molecular weight is 273 g/mol. The van der Waals surface area contributed by atoms with Gasteiger partial charge in [-0.2, -0.15) is 0 Å². The summed E-state index contributed by atoms with van der Waals surface area (Å²) in [6, 6.07) is -0.0290. The number of oxime groups is 1. The van der Waals surface area contributed by atoms with Gasteiger partial charge in [-0.3, -0.25) is 4.79 Å². The van der Waals surface area contributed by atoms with E-state index in [1.165, 1.54) is 0 Å². The molecule has 1 aliphatic heterocycles. The number of hydrogen-bond donors (Lipinski definition) is 3. The highest BCUT2D eigenvalue weighted by Crippen LogP contribution is 2.31. The topological polar surface area (TPSA) is 106 Å². The third kappa shape index (κ3) is 3.81. The number of carbonyl (C=O) groups excluding carboxylic acids is 1. The summed E-state index contributed by atoms with van der Waals surface area (Å²) < 4.78 is 10.2. The molecule has 0 aromatic heterocycles. The summed E-state index contributed by atoms with van der Waals surface area (Å²) in [5, 5.41) is 14.8. The maximum atomic E-state index is 12.4. The number of nitrogens with one attached hydrogen (secondary N) is 1. The third-order valence-corrected chi connectivity index (χ3v) is 3.51. The molecule has 0 radical (unpaired) electrons. The van der Waals surface area contributed by atoms with Crippen LogP contribution in [0.15, 0.2) is 5.16 Å². The zero-order chi connectivity index (χ0) is 14.3. The van der Waals surface area contributed by atoms with Gasteiger partial charge in [-0.15, -0.1) is 0 Å². The molecule has 1 rings (SSSR count). The van der Waals surface area contributed by atoms with E-state index in [9.17, 15) is 4.79 Å². The SMILES string of the molecule is COCCC(C)NC(=O)C1(C(N)=NO)CCOCC1. The zero-order valence-electron chi connectivity index (χ0n) is 11.5. The van der Waals surface area contributed by atoms with E-state index in [0.717, 1.165) is 0 Å². The minimum Gasteiger partial charge on any atom is -0.409 e. The Hall–Kier alpha value is -1.34. The van der Waals surface area contributed by atoms with E-state index < -0.39 is 5.41 Å². The average Bonchev–Trinajstić information content (AvgIpc) is 2.44. The minimum atomic E-state index is -0.964. The lowest BCUT2D eigenvalue weighted by molar-refractivity contribution is -0.132. The van der Waals surface area contributed by atoms with Crippen molar-refractivity contribution < 1.29 is 19.5 Å². The number of nitrogens with zero attached hydrogens (tertiary/aromatic N) is 1. The monoisotopic (exact) mass is 273 g/mol. The van der Waals surface area contributed by atoms with Crippen molar-refractivity contribution >= 4 is 11.7 Å². The lowest BCUT2D eigenvalue weighted by Crippen LogP contribution is -2.54. The molecule has 1 aliphatic rings. The lowest BCUT2D eigenvalue weighted by Gasteiger charge is -2.35. The van der Waals surface area contributed by atoms with Crippen LogP contribution < -0.4 is 11.1 Å². The largest absolute Gasteiger partial charge is 0.409 e. The zero-order valence-corrected chi connectivity index (χ0v) is 11.5. The van der Waals surface area contributed by atoms with Crippen LogP contribution in [0.1, 0.15) is 26.2 Å². The first-order valence-electron chi connectivity index (χ1n) is 6.42. The minimum absolute atomic E-state index is 0.0290. The van der Waals surface area contributed by atoms with E-state index >= 15 is 0 Å². The molecule has 0 bridgehead atoms. The Morgan fingerprint density at radius 1 is 1.58 bits per heavy atom. The van der Waals surface area contributed by atoms with E-state index in [0.29, 0.717) is 39.1 Å². The molecule has 7 nitrogen and oxygen atoms in total. The van der Waals surface area contributed by atoms with Crippen LogP contribution in [-0.4, -0.2) is 49.9 Å². The molecule has 4 N–H and O–H groups in total. The van der Waals surface area contributed by atoms with E-state index in [-0.39, 0.29) is 17.8 Å². The summed E-state index contributed by atoms with van der Waals surface area (Å²) in [5.41, 5.74) is 4.75. The second kappa shape index (κ2) is 7.30. The highest BCUT2D eigenvalue weighted by Gasteiger charge is 2.44. The molecule has 110 valence electrons. The molecule has 0 aliphatic carbocycles. The molecule has 1 saturated heterocycles. The van der Waals surface area contributed by atoms with E-state index in [4.69, 9.17) is 20.4 Å². The number of nitrogens with two attached hydrogens (primary N) is 1. The Morgan fingerprint density at radius 2 is 2.21 bits per heavy atom. The molecule has 0 aromatic carbocycles. The number of carbonyl (C=O) groups is 1. The summed E-state index contributed by atoms with van der Waals surface area (Å²) in [5.74, 6) is -0.262. The van der Waals surface area contributed by atoms with Gasteiger partial charge in [-0.1, -0.05) is 5.16 Å². The van der Waals surface area contributed by atoms with Crippen molar-refractivity contribution in [1.29, 1.82) is 0 Å². The summed E-state index contributed by atoms with van der Waals surface area (Å²) >= 11 is 0. The van der Waals surface area contributed by atoms with Crippen LogP contribution in [0.2, 0.25) is 0 Å². The van der Waals surface area contributed by atoms with Gasteiger partial charge in [0.05, 0.1) is 0 Å². The highest BCUT2D eigenvalue weighted by molar-refractivity contribution is 6.06. The van der Waals surface area contributed by atoms with Crippen molar-refractivity contribution in [3.05, 3.63) is 0 Å². The Balaban J connectivity index is 2.72. The van der Waals surface area contributed by atoms with Crippen LogP contribution >= 0.6 is 0 Å². The molecule has 1 unspecified atom stereocenters. The number of rotatable bonds is 6. The maximum absolute atomic E-state index is 12.4. The second-order valence-corrected chi connectivity index (χ2v) is 4.84. The van der Waals surface area contributed by atoms with Crippen LogP contribution in [-0.2, 0) is 14.3 Å². The van der Waals surface area contributed by atoms with Crippen molar-refractivity contribution in [1.82, 2.24) is 5.32 Å². The van der Waals surface area contributed by atoms with Gasteiger partial charge >= 0.3 is 0 Å². The smallest absolute Gasteiger partial charge is 0.234 e. The van der Waals surface area contributed by atoms with E-state index in [1.807, 2.05) is 6.92 Å². The molecule has 1 heterocycles. The van der Waals surface area contributed by atoms with Crippen molar-refractivity contribution in [3.8, 4) is 0 Å². The molecule has 1 fully saturated rings. The molecule has 19 heavy (non-hydrogen) atoms. The predicted molar refractivity (Wildman–Crippen MR) is 70.0 cm³/mol. The van der Waals surface area contributed by atoms with Crippen LogP contribution in [0.4, 0.5) is 0 Å². The molecule has 7 heteroatoms. The quantitative estimate of drug-likeness (QED) is 0.275. The maximum Gasteiger partial charge on any atom is 0.234 e. The number of ether oxygens (including phenoxy) is 2. The lowest BCUT2D eigenvalue weighted by atomic mass is 9.78. The summed E-state index contributed by atoms with van der Waals surface area (Å²) in [7, 11) is 1.62. The molecule has 0 aromatic rings. The van der Waals surface area contributed by atoms with Gasteiger partial charge in [0, 0.05) is 33.0 Å². The number of methoxy groups -OCH3 is 1. The standard InChI is InChI=1S/C12H23N3O4/c1-9(3-6-18-2)14-11(16)12(10(13)15-17)4-7-19-8-5-12/h9,17H,3-8H2,1-2H3,(H2,13,15)(H,14,16).